The zero-order valence-electron chi connectivity index (χ0n) is 22.7. The van der Waals surface area contributed by atoms with Crippen LogP contribution in [0.3, 0.4) is 0 Å². The molecule has 0 spiro atoms. The second-order valence-corrected chi connectivity index (χ2v) is 9.51. The molecule has 0 aromatic heterocycles. The van der Waals surface area contributed by atoms with Gasteiger partial charge < -0.3 is 18.9 Å². The van der Waals surface area contributed by atoms with E-state index in [4.69, 9.17) is 18.9 Å². The van der Waals surface area contributed by atoms with Crippen LogP contribution in [-0.4, -0.2) is 52.6 Å². The molecule has 0 bridgehead atoms. The lowest BCUT2D eigenvalue weighted by Crippen LogP contribution is -2.15. The zero-order chi connectivity index (χ0) is 25.3. The molecule has 0 fully saturated rings. The molecule has 0 N–H and O–H groups in total. The number of carbonyl (C=O) groups excluding carboxylic acids is 2. The number of carbonyl (C=O) groups is 2. The molecule has 0 saturated heterocycles. The second kappa shape index (κ2) is 25.0. The normalized spacial score (nSPS) is 12.9. The van der Waals surface area contributed by atoms with Crippen LogP contribution >= 0.6 is 0 Å². The number of hydrogen-bond donors (Lipinski definition) is 0. The summed E-state index contributed by atoms with van der Waals surface area (Å²) >= 11 is 0. The van der Waals surface area contributed by atoms with E-state index in [1.807, 2.05) is 0 Å². The summed E-state index contributed by atoms with van der Waals surface area (Å²) < 4.78 is 21.2. The molecule has 0 aliphatic carbocycles. The Morgan fingerprint density at radius 1 is 0.529 bits per heavy atom. The van der Waals surface area contributed by atoms with Gasteiger partial charge in [0.05, 0.1) is 26.1 Å². The third-order valence-corrected chi connectivity index (χ3v) is 6.50. The molecule has 0 amide bonds. The number of ether oxygens (including phenoxy) is 4. The molecule has 0 aromatic rings. The summed E-state index contributed by atoms with van der Waals surface area (Å²) in [5, 5.41) is 0. The van der Waals surface area contributed by atoms with Gasteiger partial charge in [-0.2, -0.15) is 0 Å². The van der Waals surface area contributed by atoms with Gasteiger partial charge >= 0.3 is 11.9 Å². The Labute approximate surface area is 209 Å². The van der Waals surface area contributed by atoms with E-state index in [9.17, 15) is 9.59 Å². The number of rotatable bonds is 25. The molecule has 2 unspecified atom stereocenters. The molecule has 0 radical (unpaired) electrons. The lowest BCUT2D eigenvalue weighted by Gasteiger charge is -2.17. The average Bonchev–Trinajstić information content (AvgIpc) is 2.84. The van der Waals surface area contributed by atoms with E-state index in [0.717, 1.165) is 51.7 Å². The Morgan fingerprint density at radius 3 is 1.26 bits per heavy atom. The van der Waals surface area contributed by atoms with Gasteiger partial charge in [-0.15, -0.1) is 0 Å². The van der Waals surface area contributed by atoms with Crippen molar-refractivity contribution in [1.82, 2.24) is 0 Å². The first-order valence-corrected chi connectivity index (χ1v) is 13.9. The Morgan fingerprint density at radius 2 is 0.912 bits per heavy atom. The SMILES string of the molecule is CCCCCCC(CCOC)CCOC(=O)CCC(=O)OCCC(CCCCCC)CCOC. The van der Waals surface area contributed by atoms with E-state index >= 15 is 0 Å². The Bertz CT molecular complexity index is 426. The van der Waals surface area contributed by atoms with E-state index in [0.29, 0.717) is 25.0 Å². The first-order valence-electron chi connectivity index (χ1n) is 13.9. The summed E-state index contributed by atoms with van der Waals surface area (Å²) in [4.78, 5) is 24.1. The van der Waals surface area contributed by atoms with E-state index in [1.54, 1.807) is 14.2 Å². The topological polar surface area (TPSA) is 71.1 Å². The third-order valence-electron chi connectivity index (χ3n) is 6.50. The van der Waals surface area contributed by atoms with Gasteiger partial charge in [-0.3, -0.25) is 9.59 Å². The molecule has 0 saturated carbocycles. The fourth-order valence-corrected chi connectivity index (χ4v) is 4.18. The quantitative estimate of drug-likeness (QED) is 0.103. The van der Waals surface area contributed by atoms with Crippen LogP contribution < -0.4 is 0 Å². The van der Waals surface area contributed by atoms with Gasteiger partial charge in [-0.05, 0) is 37.5 Å². The van der Waals surface area contributed by atoms with Crippen LogP contribution in [0.15, 0.2) is 0 Å². The highest BCUT2D eigenvalue weighted by Crippen LogP contribution is 2.20. The highest BCUT2D eigenvalue weighted by molar-refractivity contribution is 5.77. The van der Waals surface area contributed by atoms with Gasteiger partial charge in [-0.1, -0.05) is 78.1 Å². The minimum Gasteiger partial charge on any atom is -0.466 e. The second-order valence-electron chi connectivity index (χ2n) is 9.51. The monoisotopic (exact) mass is 486 g/mol. The first kappa shape index (κ1) is 32.9. The van der Waals surface area contributed by atoms with Crippen molar-refractivity contribution in [3.63, 3.8) is 0 Å². The minimum absolute atomic E-state index is 0.0855. The molecule has 2 atom stereocenters. The van der Waals surface area contributed by atoms with Gasteiger partial charge in [0.15, 0.2) is 0 Å². The van der Waals surface area contributed by atoms with Crippen molar-refractivity contribution >= 4 is 11.9 Å². The molecule has 0 aliphatic rings. The van der Waals surface area contributed by atoms with Crippen molar-refractivity contribution in [3.8, 4) is 0 Å². The van der Waals surface area contributed by atoms with Crippen LogP contribution in [0.4, 0.5) is 0 Å². The van der Waals surface area contributed by atoms with Crippen LogP contribution in [0.25, 0.3) is 0 Å². The fraction of sp³-hybridized carbons (Fsp3) is 0.929. The number of methoxy groups -OCH3 is 2. The first-order chi connectivity index (χ1) is 16.6. The molecule has 202 valence electrons. The van der Waals surface area contributed by atoms with Crippen molar-refractivity contribution < 1.29 is 28.5 Å². The summed E-state index contributed by atoms with van der Waals surface area (Å²) in [6, 6.07) is 0. The van der Waals surface area contributed by atoms with Crippen LogP contribution in [0, 0.1) is 11.8 Å². The van der Waals surface area contributed by atoms with Crippen molar-refractivity contribution in [2.75, 3.05) is 40.6 Å². The van der Waals surface area contributed by atoms with Crippen molar-refractivity contribution in [3.05, 3.63) is 0 Å². The molecule has 34 heavy (non-hydrogen) atoms. The largest absolute Gasteiger partial charge is 0.466 e. The van der Waals surface area contributed by atoms with E-state index in [1.165, 1.54) is 51.4 Å². The molecule has 0 aromatic carbocycles. The van der Waals surface area contributed by atoms with E-state index in [2.05, 4.69) is 13.8 Å². The zero-order valence-corrected chi connectivity index (χ0v) is 22.7. The molecular weight excluding hydrogens is 432 g/mol. The standard InChI is InChI=1S/C28H54O6/c1-5-7-9-11-13-25(17-21-31-3)19-23-33-27(29)15-16-28(30)34-24-20-26(18-22-32-4)14-12-10-8-6-2/h25-26H,5-24H2,1-4H3. The lowest BCUT2D eigenvalue weighted by molar-refractivity contribution is -0.150. The molecule has 0 aliphatic heterocycles. The van der Waals surface area contributed by atoms with E-state index in [-0.39, 0.29) is 24.8 Å². The molecule has 6 nitrogen and oxygen atoms in total. The Kier molecular flexibility index (Phi) is 24.1. The van der Waals surface area contributed by atoms with Gasteiger partial charge in [-0.25, -0.2) is 0 Å². The van der Waals surface area contributed by atoms with Gasteiger partial charge in [0.2, 0.25) is 0 Å². The van der Waals surface area contributed by atoms with Gasteiger partial charge in [0.1, 0.15) is 0 Å². The Hall–Kier alpha value is -1.14. The maximum atomic E-state index is 12.0. The fourth-order valence-electron chi connectivity index (χ4n) is 4.18. The van der Waals surface area contributed by atoms with Crippen LogP contribution in [-0.2, 0) is 28.5 Å². The summed E-state index contributed by atoms with van der Waals surface area (Å²) in [5.74, 6) is 0.398. The van der Waals surface area contributed by atoms with Crippen LogP contribution in [0.1, 0.15) is 117 Å². The van der Waals surface area contributed by atoms with Crippen molar-refractivity contribution in [2.45, 2.75) is 117 Å². The number of unbranched alkanes of at least 4 members (excludes halogenated alkanes) is 6. The summed E-state index contributed by atoms with van der Waals surface area (Å²) in [7, 11) is 3.45. The molecular formula is C28H54O6. The minimum atomic E-state index is -0.317. The summed E-state index contributed by atoms with van der Waals surface area (Å²) in [5.41, 5.74) is 0. The van der Waals surface area contributed by atoms with E-state index < -0.39 is 0 Å². The summed E-state index contributed by atoms with van der Waals surface area (Å²) in [6.45, 7) is 6.73. The molecule has 0 heterocycles. The van der Waals surface area contributed by atoms with Gasteiger partial charge in [0, 0.05) is 27.4 Å². The van der Waals surface area contributed by atoms with Gasteiger partial charge in [0.25, 0.3) is 0 Å². The van der Waals surface area contributed by atoms with Crippen LogP contribution in [0.5, 0.6) is 0 Å². The molecule has 6 heteroatoms. The van der Waals surface area contributed by atoms with Crippen molar-refractivity contribution in [1.29, 1.82) is 0 Å². The van der Waals surface area contributed by atoms with Crippen molar-refractivity contribution in [2.24, 2.45) is 11.8 Å². The Balaban J connectivity index is 4.03. The predicted molar refractivity (Wildman–Crippen MR) is 138 cm³/mol. The lowest BCUT2D eigenvalue weighted by atomic mass is 9.95. The highest BCUT2D eigenvalue weighted by atomic mass is 16.5. The maximum absolute atomic E-state index is 12.0. The average molecular weight is 487 g/mol. The maximum Gasteiger partial charge on any atom is 0.306 e. The number of hydrogen-bond acceptors (Lipinski definition) is 6. The predicted octanol–water partition coefficient (Wildman–Crippen LogP) is 6.88. The molecule has 0 rings (SSSR count). The highest BCUT2D eigenvalue weighted by Gasteiger charge is 2.14. The number of esters is 2. The third kappa shape index (κ3) is 21.4. The smallest absolute Gasteiger partial charge is 0.306 e. The summed E-state index contributed by atoms with van der Waals surface area (Å²) in [6.07, 6.45) is 16.1. The van der Waals surface area contributed by atoms with Crippen LogP contribution in [0.2, 0.25) is 0 Å².